The molecule has 2 heterocycles. The van der Waals surface area contributed by atoms with Crippen molar-refractivity contribution in [1.82, 2.24) is 20.4 Å². The van der Waals surface area contributed by atoms with E-state index in [2.05, 4.69) is 22.1 Å². The van der Waals surface area contributed by atoms with Crippen LogP contribution in [0.5, 0.6) is 0 Å². The molecule has 2 saturated heterocycles. The van der Waals surface area contributed by atoms with Gasteiger partial charge in [-0.15, -0.1) is 31.4 Å². The third-order valence-electron chi connectivity index (χ3n) is 4.91. The average molecular weight is 411 g/mol. The monoisotopic (exact) mass is 410 g/mol. The molecule has 2 rings (SSSR count). The van der Waals surface area contributed by atoms with Crippen LogP contribution >= 0.6 is 24.8 Å². The summed E-state index contributed by atoms with van der Waals surface area (Å²) < 4.78 is 5.36. The summed E-state index contributed by atoms with van der Waals surface area (Å²) in [6, 6.07) is 0. The molecule has 9 heteroatoms. The molecule has 0 bridgehead atoms. The number of piperidine rings is 1. The molecule has 0 aromatic heterocycles. The second kappa shape index (κ2) is 12.5. The van der Waals surface area contributed by atoms with E-state index in [1.54, 1.807) is 13.2 Å². The standard InChI is InChI=1S/C17H30N4O3.2ClH/c1-3-6-19-15(22)13-20-9-11-21(12-10-20)16(23)17(14-24-2)4-7-18-8-5-17;;/h3,18H,1,4-14H2,2H3,(H,19,22);2*1H. The smallest absolute Gasteiger partial charge is 0.234 e. The number of nitrogens with one attached hydrogen (secondary N) is 2. The van der Waals surface area contributed by atoms with E-state index in [0.717, 1.165) is 39.0 Å². The van der Waals surface area contributed by atoms with Crippen LogP contribution in [0.4, 0.5) is 0 Å². The lowest BCUT2D eigenvalue weighted by atomic mass is 9.78. The normalized spacial score (nSPS) is 19.7. The molecule has 2 N–H and O–H groups in total. The molecule has 2 aliphatic heterocycles. The minimum Gasteiger partial charge on any atom is -0.384 e. The highest BCUT2D eigenvalue weighted by molar-refractivity contribution is 5.85. The minimum absolute atomic E-state index is 0. The molecule has 7 nitrogen and oxygen atoms in total. The molecule has 2 aliphatic rings. The van der Waals surface area contributed by atoms with Gasteiger partial charge < -0.3 is 20.3 Å². The fourth-order valence-corrected chi connectivity index (χ4v) is 3.49. The quantitative estimate of drug-likeness (QED) is 0.590. The second-order valence-corrected chi connectivity index (χ2v) is 6.62. The van der Waals surface area contributed by atoms with E-state index in [4.69, 9.17) is 4.74 Å². The summed E-state index contributed by atoms with van der Waals surface area (Å²) in [5.74, 6) is 0.213. The molecule has 0 aromatic rings. The predicted octanol–water partition coefficient (Wildman–Crippen LogP) is 0.293. The first kappa shape index (κ1) is 25.1. The van der Waals surface area contributed by atoms with Crippen molar-refractivity contribution in [3.63, 3.8) is 0 Å². The summed E-state index contributed by atoms with van der Waals surface area (Å²) in [4.78, 5) is 28.8. The van der Waals surface area contributed by atoms with E-state index in [-0.39, 0.29) is 42.0 Å². The van der Waals surface area contributed by atoms with E-state index in [1.165, 1.54) is 0 Å². The first-order valence-electron chi connectivity index (χ1n) is 8.70. The van der Waals surface area contributed by atoms with E-state index in [0.29, 0.717) is 32.8 Å². The summed E-state index contributed by atoms with van der Waals surface area (Å²) in [7, 11) is 1.66. The van der Waals surface area contributed by atoms with Crippen LogP contribution in [0.2, 0.25) is 0 Å². The van der Waals surface area contributed by atoms with Gasteiger partial charge in [-0.25, -0.2) is 0 Å². The van der Waals surface area contributed by atoms with Crippen molar-refractivity contribution in [2.75, 3.05) is 66.1 Å². The Labute approximate surface area is 168 Å². The Kier molecular flexibility index (Phi) is 12.1. The maximum Gasteiger partial charge on any atom is 0.234 e. The predicted molar refractivity (Wildman–Crippen MR) is 107 cm³/mol. The zero-order valence-corrected chi connectivity index (χ0v) is 17.1. The highest BCUT2D eigenvalue weighted by atomic mass is 35.5. The zero-order valence-electron chi connectivity index (χ0n) is 15.5. The molecule has 0 saturated carbocycles. The van der Waals surface area contributed by atoms with Crippen molar-refractivity contribution in [3.8, 4) is 0 Å². The number of hydrogen-bond donors (Lipinski definition) is 2. The van der Waals surface area contributed by atoms with Gasteiger partial charge in [-0.05, 0) is 25.9 Å². The molecule has 26 heavy (non-hydrogen) atoms. The molecule has 0 aromatic carbocycles. The van der Waals surface area contributed by atoms with Crippen molar-refractivity contribution in [3.05, 3.63) is 12.7 Å². The molecule has 0 spiro atoms. The van der Waals surface area contributed by atoms with Gasteiger partial charge in [0.05, 0.1) is 18.6 Å². The number of hydrogen-bond acceptors (Lipinski definition) is 5. The molecule has 0 atom stereocenters. The highest BCUT2D eigenvalue weighted by Gasteiger charge is 2.42. The summed E-state index contributed by atoms with van der Waals surface area (Å²) in [5, 5.41) is 6.10. The number of halogens is 2. The van der Waals surface area contributed by atoms with Gasteiger partial charge >= 0.3 is 0 Å². The van der Waals surface area contributed by atoms with E-state index in [9.17, 15) is 9.59 Å². The first-order chi connectivity index (χ1) is 11.6. The van der Waals surface area contributed by atoms with Crippen molar-refractivity contribution < 1.29 is 14.3 Å². The van der Waals surface area contributed by atoms with Gasteiger partial charge in [0.25, 0.3) is 0 Å². The van der Waals surface area contributed by atoms with E-state index in [1.807, 2.05) is 4.90 Å². The second-order valence-electron chi connectivity index (χ2n) is 6.62. The summed E-state index contributed by atoms with van der Waals surface area (Å²) in [6.07, 6.45) is 3.32. The van der Waals surface area contributed by atoms with Crippen LogP contribution in [0.25, 0.3) is 0 Å². The largest absolute Gasteiger partial charge is 0.384 e. The maximum atomic E-state index is 13.0. The summed E-state index contributed by atoms with van der Waals surface area (Å²) in [6.45, 7) is 9.47. The topological polar surface area (TPSA) is 73.9 Å². The number of ether oxygens (including phenoxy) is 1. The van der Waals surface area contributed by atoms with Crippen molar-refractivity contribution in [2.24, 2.45) is 5.41 Å². The SMILES string of the molecule is C=CCNC(=O)CN1CCN(C(=O)C2(COC)CCNCC2)CC1.Cl.Cl. The van der Waals surface area contributed by atoms with Gasteiger partial charge in [0.15, 0.2) is 0 Å². The molecule has 152 valence electrons. The van der Waals surface area contributed by atoms with Gasteiger partial charge in [0.2, 0.25) is 11.8 Å². The number of carbonyl (C=O) groups excluding carboxylic acids is 2. The van der Waals surface area contributed by atoms with E-state index >= 15 is 0 Å². The van der Waals surface area contributed by atoms with Crippen LogP contribution in [0.15, 0.2) is 12.7 Å². The zero-order chi connectivity index (χ0) is 17.4. The van der Waals surface area contributed by atoms with Gasteiger partial charge in [0, 0.05) is 39.8 Å². The molecule has 0 aliphatic carbocycles. The van der Waals surface area contributed by atoms with Crippen LogP contribution in [-0.2, 0) is 14.3 Å². The van der Waals surface area contributed by atoms with E-state index < -0.39 is 0 Å². The van der Waals surface area contributed by atoms with Gasteiger partial charge in [-0.3, -0.25) is 14.5 Å². The highest BCUT2D eigenvalue weighted by Crippen LogP contribution is 2.32. The van der Waals surface area contributed by atoms with Gasteiger partial charge in [-0.1, -0.05) is 6.08 Å². The summed E-state index contributed by atoms with van der Waals surface area (Å²) >= 11 is 0. The van der Waals surface area contributed by atoms with Crippen LogP contribution in [0, 0.1) is 5.41 Å². The number of methoxy groups -OCH3 is 1. The number of amides is 2. The number of carbonyl (C=O) groups is 2. The Morgan fingerprint density at radius 3 is 2.35 bits per heavy atom. The fourth-order valence-electron chi connectivity index (χ4n) is 3.49. The molecular weight excluding hydrogens is 379 g/mol. The van der Waals surface area contributed by atoms with Crippen LogP contribution in [0.1, 0.15) is 12.8 Å². The number of rotatable bonds is 7. The molecule has 0 unspecified atom stereocenters. The Hall–Kier alpha value is -0.860. The molecular formula is C17H32Cl2N4O3. The average Bonchev–Trinajstić information content (AvgIpc) is 2.61. The molecule has 2 fully saturated rings. The lowest BCUT2D eigenvalue weighted by Gasteiger charge is -2.42. The maximum absolute atomic E-state index is 13.0. The Balaban J connectivity index is 0.00000312. The molecule has 2 amide bonds. The van der Waals surface area contributed by atoms with Crippen molar-refractivity contribution in [1.29, 1.82) is 0 Å². The third-order valence-corrected chi connectivity index (χ3v) is 4.91. The Bertz CT molecular complexity index is 446. The lowest BCUT2D eigenvalue weighted by Crippen LogP contribution is -2.57. The van der Waals surface area contributed by atoms with Crippen molar-refractivity contribution in [2.45, 2.75) is 12.8 Å². The minimum atomic E-state index is -0.385. The first-order valence-corrected chi connectivity index (χ1v) is 8.70. The van der Waals surface area contributed by atoms with Crippen molar-refractivity contribution >= 4 is 36.6 Å². The number of piperazine rings is 1. The Morgan fingerprint density at radius 1 is 1.19 bits per heavy atom. The molecule has 0 radical (unpaired) electrons. The fraction of sp³-hybridized carbons (Fsp3) is 0.765. The summed E-state index contributed by atoms with van der Waals surface area (Å²) in [5.41, 5.74) is -0.385. The Morgan fingerprint density at radius 2 is 1.81 bits per heavy atom. The van der Waals surface area contributed by atoms with Gasteiger partial charge in [0.1, 0.15) is 0 Å². The third kappa shape index (κ3) is 6.70. The van der Waals surface area contributed by atoms with Crippen LogP contribution < -0.4 is 10.6 Å². The van der Waals surface area contributed by atoms with Crippen LogP contribution in [0.3, 0.4) is 0 Å². The van der Waals surface area contributed by atoms with Gasteiger partial charge in [-0.2, -0.15) is 0 Å². The lowest BCUT2D eigenvalue weighted by molar-refractivity contribution is -0.149. The number of nitrogens with zero attached hydrogens (tertiary/aromatic N) is 2. The van der Waals surface area contributed by atoms with Crippen LogP contribution in [-0.4, -0.2) is 87.7 Å².